The lowest BCUT2D eigenvalue weighted by Gasteiger charge is -2.20. The average molecular weight is 437 g/mol. The molecule has 29 heavy (non-hydrogen) atoms. The summed E-state index contributed by atoms with van der Waals surface area (Å²) in [6.07, 6.45) is -0.0754. The van der Waals surface area contributed by atoms with Crippen LogP contribution in [0.5, 0.6) is 0 Å². The monoisotopic (exact) mass is 436 g/mol. The van der Waals surface area contributed by atoms with E-state index in [0.717, 1.165) is 9.87 Å². The number of amides is 1. The second kappa shape index (κ2) is 7.46. The highest BCUT2D eigenvalue weighted by molar-refractivity contribution is 7.94. The molecule has 0 bridgehead atoms. The van der Waals surface area contributed by atoms with Crippen molar-refractivity contribution in [3.63, 3.8) is 0 Å². The molecule has 0 aromatic heterocycles. The van der Waals surface area contributed by atoms with Crippen molar-refractivity contribution in [2.45, 2.75) is 44.9 Å². The molecule has 2 aromatic rings. The minimum atomic E-state index is -3.92. The Morgan fingerprint density at radius 2 is 1.66 bits per heavy atom. The van der Waals surface area contributed by atoms with E-state index in [0.29, 0.717) is 16.8 Å². The maximum absolute atomic E-state index is 13.1. The third kappa shape index (κ3) is 4.02. The van der Waals surface area contributed by atoms with Crippen molar-refractivity contribution in [3.8, 4) is 0 Å². The van der Waals surface area contributed by atoms with Gasteiger partial charge in [-0.25, -0.2) is 21.1 Å². The SMILES string of the molecule is Cc1cc(N2C(=O)CCS2(=O)=O)cc(C)c1S(=O)(=O)Nc1ccccc1C(C)C. The summed E-state index contributed by atoms with van der Waals surface area (Å²) in [5.74, 6) is -0.620. The third-order valence-electron chi connectivity index (χ3n) is 4.85. The lowest BCUT2D eigenvalue weighted by Crippen LogP contribution is -2.29. The number of nitrogens with zero attached hydrogens (tertiary/aromatic N) is 1. The zero-order valence-corrected chi connectivity index (χ0v) is 18.4. The Kier molecular flexibility index (Phi) is 5.48. The van der Waals surface area contributed by atoms with E-state index in [4.69, 9.17) is 0 Å². The highest BCUT2D eigenvalue weighted by Gasteiger charge is 2.37. The van der Waals surface area contributed by atoms with Crippen molar-refractivity contribution < 1.29 is 21.6 Å². The number of aryl methyl sites for hydroxylation is 2. The fourth-order valence-electron chi connectivity index (χ4n) is 3.63. The summed E-state index contributed by atoms with van der Waals surface area (Å²) in [5.41, 5.74) is 2.28. The van der Waals surface area contributed by atoms with E-state index in [9.17, 15) is 21.6 Å². The first-order valence-electron chi connectivity index (χ1n) is 9.23. The number of anilines is 2. The molecule has 0 atom stereocenters. The van der Waals surface area contributed by atoms with Gasteiger partial charge in [-0.15, -0.1) is 0 Å². The number of benzene rings is 2. The van der Waals surface area contributed by atoms with Crippen molar-refractivity contribution in [2.75, 3.05) is 14.8 Å². The van der Waals surface area contributed by atoms with Gasteiger partial charge >= 0.3 is 0 Å². The first-order valence-corrected chi connectivity index (χ1v) is 12.3. The van der Waals surface area contributed by atoms with Crippen LogP contribution in [0.2, 0.25) is 0 Å². The van der Waals surface area contributed by atoms with Crippen molar-refractivity contribution in [3.05, 3.63) is 53.1 Å². The van der Waals surface area contributed by atoms with Crippen LogP contribution < -0.4 is 9.03 Å². The summed E-state index contributed by atoms with van der Waals surface area (Å²) in [7, 11) is -7.63. The average Bonchev–Trinajstić information content (AvgIpc) is 2.86. The Hall–Kier alpha value is -2.39. The van der Waals surface area contributed by atoms with Crippen LogP contribution in [-0.2, 0) is 24.8 Å². The molecule has 1 aliphatic heterocycles. The third-order valence-corrected chi connectivity index (χ3v) is 8.21. The van der Waals surface area contributed by atoms with Gasteiger partial charge in [-0.2, -0.15) is 0 Å². The molecule has 3 rings (SSSR count). The largest absolute Gasteiger partial charge is 0.279 e. The summed E-state index contributed by atoms with van der Waals surface area (Å²) in [4.78, 5) is 12.1. The van der Waals surface area contributed by atoms with Gasteiger partial charge in [0.05, 0.1) is 22.0 Å². The van der Waals surface area contributed by atoms with Gasteiger partial charge in [0.1, 0.15) is 0 Å². The molecular formula is C20H24N2O5S2. The van der Waals surface area contributed by atoms with E-state index in [1.165, 1.54) is 12.1 Å². The zero-order chi connectivity index (χ0) is 21.6. The molecule has 0 spiro atoms. The number of nitrogens with one attached hydrogen (secondary N) is 1. The molecule has 156 valence electrons. The van der Waals surface area contributed by atoms with Crippen molar-refractivity contribution >= 4 is 37.3 Å². The van der Waals surface area contributed by atoms with Gasteiger partial charge in [0.25, 0.3) is 10.0 Å². The Morgan fingerprint density at radius 3 is 2.17 bits per heavy atom. The fraction of sp³-hybridized carbons (Fsp3) is 0.350. The Bertz CT molecular complexity index is 1160. The van der Waals surface area contributed by atoms with Gasteiger partial charge in [0.2, 0.25) is 15.9 Å². The number of carbonyl (C=O) groups is 1. The van der Waals surface area contributed by atoms with Crippen LogP contribution in [0, 0.1) is 13.8 Å². The quantitative estimate of drug-likeness (QED) is 0.775. The molecule has 1 fully saturated rings. The molecule has 1 aliphatic rings. The molecular weight excluding hydrogens is 412 g/mol. The molecule has 1 saturated heterocycles. The highest BCUT2D eigenvalue weighted by atomic mass is 32.2. The number of sulfonamides is 2. The molecule has 1 heterocycles. The Balaban J connectivity index is 2.05. The molecule has 0 saturated carbocycles. The Morgan fingerprint density at radius 1 is 1.07 bits per heavy atom. The van der Waals surface area contributed by atoms with Gasteiger partial charge in [-0.3, -0.25) is 9.52 Å². The minimum Gasteiger partial charge on any atom is -0.279 e. The molecule has 0 unspecified atom stereocenters. The minimum absolute atomic E-state index is 0.0730. The number of hydrogen-bond donors (Lipinski definition) is 1. The van der Waals surface area contributed by atoms with Crippen LogP contribution in [0.25, 0.3) is 0 Å². The number of carbonyl (C=O) groups excluding carboxylic acids is 1. The smallest absolute Gasteiger partial charge is 0.262 e. The van der Waals surface area contributed by atoms with Crippen LogP contribution in [0.3, 0.4) is 0 Å². The molecule has 1 N–H and O–H groups in total. The summed E-state index contributed by atoms with van der Waals surface area (Å²) < 4.78 is 54.1. The summed E-state index contributed by atoms with van der Waals surface area (Å²) >= 11 is 0. The van der Waals surface area contributed by atoms with Crippen LogP contribution >= 0.6 is 0 Å². The highest BCUT2D eigenvalue weighted by Crippen LogP contribution is 2.33. The van der Waals surface area contributed by atoms with E-state index in [2.05, 4.69) is 4.72 Å². The predicted molar refractivity (Wildman–Crippen MR) is 113 cm³/mol. The molecule has 0 radical (unpaired) electrons. The summed E-state index contributed by atoms with van der Waals surface area (Å²) in [6, 6.07) is 10.0. The van der Waals surface area contributed by atoms with E-state index in [1.54, 1.807) is 26.0 Å². The molecule has 9 heteroatoms. The van der Waals surface area contributed by atoms with Crippen LogP contribution in [-0.4, -0.2) is 28.5 Å². The number of rotatable bonds is 5. The maximum Gasteiger partial charge on any atom is 0.262 e. The molecule has 2 aromatic carbocycles. The molecule has 0 aliphatic carbocycles. The van der Waals surface area contributed by atoms with E-state index < -0.39 is 26.0 Å². The van der Waals surface area contributed by atoms with E-state index >= 15 is 0 Å². The second-order valence-electron chi connectivity index (χ2n) is 7.48. The first-order chi connectivity index (χ1) is 13.4. The van der Waals surface area contributed by atoms with Gasteiger partial charge in [-0.1, -0.05) is 32.0 Å². The van der Waals surface area contributed by atoms with Gasteiger partial charge in [0, 0.05) is 6.42 Å². The lowest BCUT2D eigenvalue weighted by molar-refractivity contribution is -0.116. The van der Waals surface area contributed by atoms with Crippen molar-refractivity contribution in [1.29, 1.82) is 0 Å². The summed E-state index contributed by atoms with van der Waals surface area (Å²) in [5, 5.41) is 0. The van der Waals surface area contributed by atoms with Gasteiger partial charge in [-0.05, 0) is 54.7 Å². The summed E-state index contributed by atoms with van der Waals surface area (Å²) in [6.45, 7) is 7.14. The van der Waals surface area contributed by atoms with Crippen molar-refractivity contribution in [1.82, 2.24) is 0 Å². The lowest BCUT2D eigenvalue weighted by atomic mass is 10.0. The Labute approximate surface area is 171 Å². The van der Waals surface area contributed by atoms with Gasteiger partial charge in [0.15, 0.2) is 0 Å². The number of hydrogen-bond acceptors (Lipinski definition) is 5. The molecule has 1 amide bonds. The van der Waals surface area contributed by atoms with Gasteiger partial charge < -0.3 is 0 Å². The van der Waals surface area contributed by atoms with Crippen LogP contribution in [0.1, 0.15) is 42.9 Å². The van der Waals surface area contributed by atoms with E-state index in [1.807, 2.05) is 26.0 Å². The molecule has 7 nitrogen and oxygen atoms in total. The zero-order valence-electron chi connectivity index (χ0n) is 16.8. The van der Waals surface area contributed by atoms with Crippen molar-refractivity contribution in [2.24, 2.45) is 0 Å². The first kappa shape index (κ1) is 21.3. The maximum atomic E-state index is 13.1. The normalized spacial score (nSPS) is 16.4. The number of para-hydroxylation sites is 1. The predicted octanol–water partition coefficient (Wildman–Crippen LogP) is 3.29. The van der Waals surface area contributed by atoms with Crippen LogP contribution in [0.15, 0.2) is 41.3 Å². The fourth-order valence-corrected chi connectivity index (χ4v) is 6.61. The standard InChI is InChI=1S/C20H24N2O5S2/c1-13(2)17-7-5-6-8-18(17)21-29(26,27)20-14(3)11-16(12-15(20)4)22-19(23)9-10-28(22,24)25/h5-8,11-13,21H,9-10H2,1-4H3. The van der Waals surface area contributed by atoms with Crippen LogP contribution in [0.4, 0.5) is 11.4 Å². The van der Waals surface area contributed by atoms with E-state index in [-0.39, 0.29) is 28.7 Å². The second-order valence-corrected chi connectivity index (χ2v) is 11.0. The topological polar surface area (TPSA) is 101 Å².